The van der Waals surface area contributed by atoms with E-state index in [2.05, 4.69) is 4.98 Å². The topological polar surface area (TPSA) is 99.5 Å². The normalized spacial score (nSPS) is 20.3. The van der Waals surface area contributed by atoms with Gasteiger partial charge < -0.3 is 20.1 Å². The number of aliphatic hydroxyl groups is 1. The molecule has 1 fully saturated rings. The quantitative estimate of drug-likeness (QED) is 0.580. The van der Waals surface area contributed by atoms with Gasteiger partial charge in [0.05, 0.1) is 6.10 Å². The summed E-state index contributed by atoms with van der Waals surface area (Å²) in [7, 11) is 0. The molecule has 1 saturated heterocycles. The molecule has 2 rings (SSSR count). The molecule has 0 saturated carbocycles. The van der Waals surface area contributed by atoms with Gasteiger partial charge in [0.25, 0.3) is 5.91 Å². The van der Waals surface area contributed by atoms with Crippen LogP contribution in [0.25, 0.3) is 0 Å². The van der Waals surface area contributed by atoms with Gasteiger partial charge >= 0.3 is 5.82 Å². The van der Waals surface area contributed by atoms with Crippen LogP contribution in [0.5, 0.6) is 0 Å². The van der Waals surface area contributed by atoms with Gasteiger partial charge in [0, 0.05) is 19.2 Å². The third kappa shape index (κ3) is 2.44. The maximum atomic E-state index is 11.9. The molecule has 2 N–H and O–H groups in total. The number of nitrogens with one attached hydrogen (secondary N) is 1. The number of carbonyl (C=O) groups excluding carboxylic acids is 1. The fraction of sp³-hybridized carbons (Fsp3) is 0.500. The second kappa shape index (κ2) is 4.54. The molecule has 2 heterocycles. The van der Waals surface area contributed by atoms with Crippen molar-refractivity contribution in [1.29, 1.82) is 0 Å². The Hall–Kier alpha value is -1.89. The van der Waals surface area contributed by atoms with Crippen molar-refractivity contribution in [2.45, 2.75) is 18.9 Å². The van der Waals surface area contributed by atoms with Crippen molar-refractivity contribution in [2.24, 2.45) is 0 Å². The van der Waals surface area contributed by atoms with Gasteiger partial charge in [-0.25, -0.2) is 4.98 Å². The van der Waals surface area contributed by atoms with Crippen LogP contribution < -0.4 is 0 Å². The number of piperidine rings is 1. The summed E-state index contributed by atoms with van der Waals surface area (Å²) in [5.74, 6) is -0.511. The lowest BCUT2D eigenvalue weighted by Gasteiger charge is -2.29. The van der Waals surface area contributed by atoms with Crippen molar-refractivity contribution >= 4 is 11.7 Å². The predicted octanol–water partition coefficient (Wildman–Crippen LogP) is 0.520. The molecular weight excluding hydrogens is 226 g/mol. The summed E-state index contributed by atoms with van der Waals surface area (Å²) in [6, 6.07) is 2.65. The number of β-amino-alcohol motifs (C(OH)–C–C–N with tert-alkyl or cyclic N) is 1. The number of rotatable bonds is 2. The minimum Gasteiger partial charge on any atom is -0.391 e. The number of carbonyl (C=O) groups is 1. The minimum atomic E-state index is -0.582. The number of amides is 1. The summed E-state index contributed by atoms with van der Waals surface area (Å²) >= 11 is 0. The van der Waals surface area contributed by atoms with Gasteiger partial charge in [-0.1, -0.05) is 0 Å². The van der Waals surface area contributed by atoms with Crippen LogP contribution in [0.3, 0.4) is 0 Å². The zero-order valence-electron chi connectivity index (χ0n) is 9.13. The highest BCUT2D eigenvalue weighted by atomic mass is 16.6. The molecule has 0 aliphatic carbocycles. The maximum absolute atomic E-state index is 11.9. The monoisotopic (exact) mass is 239 g/mol. The van der Waals surface area contributed by atoms with Crippen molar-refractivity contribution in [1.82, 2.24) is 9.88 Å². The second-order valence-electron chi connectivity index (χ2n) is 4.06. The number of hydrogen-bond donors (Lipinski definition) is 2. The Morgan fingerprint density at radius 2 is 2.35 bits per heavy atom. The Kier molecular flexibility index (Phi) is 3.10. The number of likely N-dealkylation sites (tertiary alicyclic amines) is 1. The van der Waals surface area contributed by atoms with Crippen molar-refractivity contribution in [3.05, 3.63) is 27.9 Å². The van der Waals surface area contributed by atoms with Crippen LogP contribution in [0.1, 0.15) is 23.3 Å². The number of aliphatic hydroxyl groups excluding tert-OH is 1. The highest BCUT2D eigenvalue weighted by molar-refractivity contribution is 5.93. The van der Waals surface area contributed by atoms with Gasteiger partial charge in [-0.2, -0.15) is 0 Å². The van der Waals surface area contributed by atoms with Crippen LogP contribution in [-0.2, 0) is 0 Å². The van der Waals surface area contributed by atoms with E-state index in [0.717, 1.165) is 6.42 Å². The van der Waals surface area contributed by atoms with Crippen molar-refractivity contribution < 1.29 is 14.8 Å². The summed E-state index contributed by atoms with van der Waals surface area (Å²) in [5.41, 5.74) is 0.186. The standard InChI is InChI=1S/C10H13N3O4/c14-7-2-1-5-12(6-7)10(15)8-3-4-9(11-8)13(16)17/h3-4,7,11,14H,1-2,5-6H2/t7-/m0/s1. The minimum absolute atomic E-state index is 0.186. The molecular formula is C10H13N3O4. The molecule has 0 spiro atoms. The molecule has 1 amide bonds. The highest BCUT2D eigenvalue weighted by Crippen LogP contribution is 2.15. The zero-order valence-corrected chi connectivity index (χ0v) is 9.13. The van der Waals surface area contributed by atoms with Crippen molar-refractivity contribution in [2.75, 3.05) is 13.1 Å². The predicted molar refractivity (Wildman–Crippen MR) is 58.6 cm³/mol. The maximum Gasteiger partial charge on any atom is 0.321 e. The van der Waals surface area contributed by atoms with E-state index in [0.29, 0.717) is 13.0 Å². The van der Waals surface area contributed by atoms with E-state index >= 15 is 0 Å². The lowest BCUT2D eigenvalue weighted by Crippen LogP contribution is -2.42. The number of aromatic nitrogens is 1. The lowest BCUT2D eigenvalue weighted by atomic mass is 10.1. The van der Waals surface area contributed by atoms with E-state index in [1.807, 2.05) is 0 Å². The van der Waals surface area contributed by atoms with E-state index in [4.69, 9.17) is 0 Å². The van der Waals surface area contributed by atoms with E-state index in [1.165, 1.54) is 17.0 Å². The fourth-order valence-electron chi connectivity index (χ4n) is 1.92. The molecule has 92 valence electrons. The molecule has 1 aromatic rings. The van der Waals surface area contributed by atoms with E-state index in [1.54, 1.807) is 0 Å². The molecule has 0 bridgehead atoms. The first-order chi connectivity index (χ1) is 8.08. The molecule has 0 unspecified atom stereocenters. The summed E-state index contributed by atoms with van der Waals surface area (Å²) in [6.07, 6.45) is 0.933. The second-order valence-corrected chi connectivity index (χ2v) is 4.06. The van der Waals surface area contributed by atoms with Gasteiger partial charge in [0.1, 0.15) is 0 Å². The number of nitrogens with zero attached hydrogens (tertiary/aromatic N) is 2. The Morgan fingerprint density at radius 3 is 2.94 bits per heavy atom. The first-order valence-electron chi connectivity index (χ1n) is 5.38. The van der Waals surface area contributed by atoms with Gasteiger partial charge in [-0.05, 0) is 23.8 Å². The molecule has 1 aromatic heterocycles. The Balaban J connectivity index is 2.10. The van der Waals surface area contributed by atoms with Crippen molar-refractivity contribution in [3.63, 3.8) is 0 Å². The third-order valence-corrected chi connectivity index (χ3v) is 2.78. The average Bonchev–Trinajstić information content (AvgIpc) is 2.77. The average molecular weight is 239 g/mol. The molecule has 0 aromatic carbocycles. The van der Waals surface area contributed by atoms with Crippen LogP contribution >= 0.6 is 0 Å². The van der Waals surface area contributed by atoms with E-state index in [9.17, 15) is 20.0 Å². The van der Waals surface area contributed by atoms with E-state index < -0.39 is 11.0 Å². The highest BCUT2D eigenvalue weighted by Gasteiger charge is 2.26. The Labute approximate surface area is 97.2 Å². The lowest BCUT2D eigenvalue weighted by molar-refractivity contribution is -0.389. The van der Waals surface area contributed by atoms with Crippen molar-refractivity contribution in [3.8, 4) is 0 Å². The SMILES string of the molecule is O=C(c1ccc([N+](=O)[O-])[nH]1)N1CCC[C@H](O)C1. The number of hydrogen-bond acceptors (Lipinski definition) is 4. The smallest absolute Gasteiger partial charge is 0.321 e. The molecule has 1 atom stereocenters. The van der Waals surface area contributed by atoms with Crippen LogP contribution in [-0.4, -0.2) is 45.0 Å². The molecule has 17 heavy (non-hydrogen) atoms. The third-order valence-electron chi connectivity index (χ3n) is 2.78. The Morgan fingerprint density at radius 1 is 1.59 bits per heavy atom. The summed E-state index contributed by atoms with van der Waals surface area (Å²) in [5, 5.41) is 19.9. The van der Waals surface area contributed by atoms with Crippen LogP contribution in [0, 0.1) is 10.1 Å². The van der Waals surface area contributed by atoms with Gasteiger partial charge in [0.2, 0.25) is 0 Å². The zero-order chi connectivity index (χ0) is 12.4. The molecule has 1 aliphatic rings. The Bertz CT molecular complexity index is 443. The van der Waals surface area contributed by atoms with Gasteiger partial charge in [-0.3, -0.25) is 4.79 Å². The molecule has 7 nitrogen and oxygen atoms in total. The van der Waals surface area contributed by atoms with Crippen LogP contribution in [0.4, 0.5) is 5.82 Å². The van der Waals surface area contributed by atoms with Crippen LogP contribution in [0.15, 0.2) is 12.1 Å². The molecule has 7 heteroatoms. The molecule has 1 aliphatic heterocycles. The number of H-pyrrole nitrogens is 1. The van der Waals surface area contributed by atoms with E-state index in [-0.39, 0.29) is 24.0 Å². The first-order valence-corrected chi connectivity index (χ1v) is 5.38. The summed E-state index contributed by atoms with van der Waals surface area (Å²) < 4.78 is 0. The van der Waals surface area contributed by atoms with Gasteiger partial charge in [-0.15, -0.1) is 0 Å². The largest absolute Gasteiger partial charge is 0.391 e. The summed E-state index contributed by atoms with van der Waals surface area (Å²) in [6.45, 7) is 0.856. The first kappa shape index (κ1) is 11.6. The van der Waals surface area contributed by atoms with Gasteiger partial charge in [0.15, 0.2) is 5.69 Å². The molecule has 0 radical (unpaired) electrons. The summed E-state index contributed by atoms with van der Waals surface area (Å²) in [4.78, 5) is 25.8. The fourth-order valence-corrected chi connectivity index (χ4v) is 1.92. The number of nitro groups is 1. The van der Waals surface area contributed by atoms with Crippen LogP contribution in [0.2, 0.25) is 0 Å². The number of aromatic amines is 1.